The minimum absolute atomic E-state index is 0.134. The second kappa shape index (κ2) is 8.92. The molecule has 6 heteroatoms. The molecular weight excluding hydrogens is 450 g/mol. The van der Waals surface area contributed by atoms with Crippen LogP contribution in [0.3, 0.4) is 0 Å². The number of allylic oxidation sites excluding steroid dienone is 1. The summed E-state index contributed by atoms with van der Waals surface area (Å²) in [6.45, 7) is 5.11. The quantitative estimate of drug-likeness (QED) is 0.288. The van der Waals surface area contributed by atoms with Gasteiger partial charge in [-0.15, -0.1) is 0 Å². The van der Waals surface area contributed by atoms with Gasteiger partial charge in [0.2, 0.25) is 5.78 Å². The van der Waals surface area contributed by atoms with Crippen molar-refractivity contribution in [2.75, 3.05) is 7.11 Å². The Bertz CT molecular complexity index is 1450. The number of hydrogen-bond acceptors (Lipinski definition) is 4. The number of ketones is 1. The minimum atomic E-state index is -0.134. The molecule has 1 aromatic heterocycles. The molecule has 0 fully saturated rings. The fourth-order valence-corrected chi connectivity index (χ4v) is 4.48. The first-order valence-electron chi connectivity index (χ1n) is 11.1. The van der Waals surface area contributed by atoms with Crippen molar-refractivity contribution in [2.24, 2.45) is 0 Å². The zero-order valence-corrected chi connectivity index (χ0v) is 20.0. The monoisotopic (exact) mass is 473 g/mol. The number of fused-ring (bicyclic) bond motifs is 2. The van der Waals surface area contributed by atoms with Gasteiger partial charge in [-0.3, -0.25) is 4.79 Å². The summed E-state index contributed by atoms with van der Waals surface area (Å²) in [5, 5.41) is 1.65. The van der Waals surface area contributed by atoms with E-state index in [1.54, 1.807) is 19.3 Å². The molecule has 0 radical (unpaired) electrons. The molecule has 3 aromatic carbocycles. The highest BCUT2D eigenvalue weighted by Crippen LogP contribution is 2.38. The largest absolute Gasteiger partial charge is 0.497 e. The van der Waals surface area contributed by atoms with E-state index in [1.165, 1.54) is 0 Å². The molecule has 0 unspecified atom stereocenters. The van der Waals surface area contributed by atoms with Crippen LogP contribution in [0.1, 0.15) is 34.0 Å². The van der Waals surface area contributed by atoms with Crippen molar-refractivity contribution in [3.05, 3.63) is 93.8 Å². The molecule has 1 aliphatic heterocycles. The van der Waals surface area contributed by atoms with E-state index in [9.17, 15) is 4.79 Å². The number of nitrogens with zero attached hydrogens (tertiary/aromatic N) is 1. The number of carbonyl (C=O) groups excluding carboxylic acids is 1. The molecule has 5 rings (SSSR count). The zero-order valence-electron chi connectivity index (χ0n) is 19.2. The van der Waals surface area contributed by atoms with Gasteiger partial charge in [-0.05, 0) is 55.8 Å². The maximum atomic E-state index is 13.2. The average molecular weight is 474 g/mol. The second-order valence-electron chi connectivity index (χ2n) is 8.19. The lowest BCUT2D eigenvalue weighted by molar-refractivity contribution is 0.101. The molecule has 0 aliphatic carbocycles. The van der Waals surface area contributed by atoms with Crippen LogP contribution in [0.25, 0.3) is 17.0 Å². The molecule has 1 aliphatic rings. The van der Waals surface area contributed by atoms with Crippen LogP contribution in [0.5, 0.6) is 17.2 Å². The third-order valence-electron chi connectivity index (χ3n) is 6.04. The van der Waals surface area contributed by atoms with Crippen molar-refractivity contribution < 1.29 is 19.0 Å². The van der Waals surface area contributed by atoms with Gasteiger partial charge >= 0.3 is 0 Å². The van der Waals surface area contributed by atoms with Crippen LogP contribution in [0.15, 0.2) is 66.6 Å². The first-order valence-corrected chi connectivity index (χ1v) is 11.5. The second-order valence-corrected chi connectivity index (χ2v) is 8.59. The number of benzene rings is 3. The van der Waals surface area contributed by atoms with Crippen LogP contribution in [-0.2, 0) is 13.2 Å². The van der Waals surface area contributed by atoms with Crippen molar-refractivity contribution in [2.45, 2.75) is 27.0 Å². The van der Waals surface area contributed by atoms with E-state index in [-0.39, 0.29) is 5.78 Å². The number of hydrogen-bond donors (Lipinski definition) is 0. The van der Waals surface area contributed by atoms with Gasteiger partial charge in [0.05, 0.1) is 12.7 Å². The van der Waals surface area contributed by atoms with Crippen LogP contribution in [-0.4, -0.2) is 17.5 Å². The summed E-state index contributed by atoms with van der Waals surface area (Å²) in [5.74, 6) is 2.05. The Kier molecular flexibility index (Phi) is 5.80. The van der Waals surface area contributed by atoms with Gasteiger partial charge in [-0.25, -0.2) is 0 Å². The number of ether oxygens (including phenoxy) is 3. The normalized spacial score (nSPS) is 13.9. The van der Waals surface area contributed by atoms with Gasteiger partial charge in [0.25, 0.3) is 0 Å². The zero-order chi connectivity index (χ0) is 23.8. The van der Waals surface area contributed by atoms with Crippen LogP contribution >= 0.6 is 11.6 Å². The highest BCUT2D eigenvalue weighted by atomic mass is 35.5. The lowest BCUT2D eigenvalue weighted by Gasteiger charge is -2.10. The van der Waals surface area contributed by atoms with E-state index in [2.05, 4.69) is 11.5 Å². The maximum absolute atomic E-state index is 13.2. The number of halogens is 1. The highest BCUT2D eigenvalue weighted by Gasteiger charge is 2.30. The van der Waals surface area contributed by atoms with E-state index in [1.807, 2.05) is 61.7 Å². The van der Waals surface area contributed by atoms with Gasteiger partial charge < -0.3 is 18.8 Å². The number of aryl methyl sites for hydroxylation is 2. The number of methoxy groups -OCH3 is 1. The smallest absolute Gasteiger partial charge is 0.232 e. The molecule has 0 spiro atoms. The lowest BCUT2D eigenvalue weighted by Crippen LogP contribution is -2.00. The number of rotatable bonds is 6. The summed E-state index contributed by atoms with van der Waals surface area (Å²) in [7, 11) is 1.64. The molecule has 4 aromatic rings. The summed E-state index contributed by atoms with van der Waals surface area (Å²) in [4.78, 5) is 13.2. The molecule has 0 saturated heterocycles. The van der Waals surface area contributed by atoms with Crippen molar-refractivity contribution >= 4 is 34.4 Å². The van der Waals surface area contributed by atoms with E-state index < -0.39 is 0 Å². The molecule has 5 nitrogen and oxygen atoms in total. The topological polar surface area (TPSA) is 49.7 Å². The third-order valence-corrected chi connectivity index (χ3v) is 6.41. The van der Waals surface area contributed by atoms with Gasteiger partial charge in [0.1, 0.15) is 23.9 Å². The fraction of sp³-hybridized carbons (Fsp3) is 0.179. The summed E-state index contributed by atoms with van der Waals surface area (Å²) >= 11 is 6.24. The summed E-state index contributed by atoms with van der Waals surface area (Å²) < 4.78 is 19.5. The van der Waals surface area contributed by atoms with E-state index in [4.69, 9.17) is 25.8 Å². The predicted octanol–water partition coefficient (Wildman–Crippen LogP) is 6.83. The summed E-state index contributed by atoms with van der Waals surface area (Å²) in [6.07, 6.45) is 3.84. The highest BCUT2D eigenvalue weighted by molar-refractivity contribution is 6.31. The predicted molar refractivity (Wildman–Crippen MR) is 134 cm³/mol. The fourth-order valence-electron chi connectivity index (χ4n) is 4.29. The molecule has 0 bridgehead atoms. The molecule has 0 N–H and O–H groups in total. The van der Waals surface area contributed by atoms with Crippen LogP contribution in [0, 0.1) is 6.92 Å². The van der Waals surface area contributed by atoms with Gasteiger partial charge in [0.15, 0.2) is 5.76 Å². The van der Waals surface area contributed by atoms with Crippen LogP contribution in [0.4, 0.5) is 0 Å². The standard InChI is InChI=1S/C28H24ClNO4/c1-4-30-15-19(22-13-20(32-3)9-10-24(22)30)12-26-28(31)27-17(2)11-21(14-25(27)34-26)33-16-18-7-5-6-8-23(18)29/h5-15H,4,16H2,1-3H3/b26-12-. The Morgan fingerprint density at radius 2 is 1.91 bits per heavy atom. The number of aromatic nitrogens is 1. The molecule has 172 valence electrons. The SMILES string of the molecule is CCn1cc(/C=C2\Oc3cc(OCc4ccccc4Cl)cc(C)c3C2=O)c2cc(OC)ccc21. The number of Topliss-reactive ketones (excluding diaryl/α,β-unsaturated/α-hetero) is 1. The minimum Gasteiger partial charge on any atom is -0.497 e. The Balaban J connectivity index is 1.46. The molecule has 34 heavy (non-hydrogen) atoms. The maximum Gasteiger partial charge on any atom is 0.232 e. The molecule has 0 atom stereocenters. The lowest BCUT2D eigenvalue weighted by atomic mass is 10.0. The van der Waals surface area contributed by atoms with Crippen LogP contribution < -0.4 is 14.2 Å². The third kappa shape index (κ3) is 3.93. The van der Waals surface area contributed by atoms with Crippen molar-refractivity contribution in [3.8, 4) is 17.2 Å². The Labute approximate surface area is 203 Å². The van der Waals surface area contributed by atoms with Gasteiger partial charge in [0, 0.05) is 45.9 Å². The van der Waals surface area contributed by atoms with Gasteiger partial charge in [-0.2, -0.15) is 0 Å². The summed E-state index contributed by atoms with van der Waals surface area (Å²) in [5.41, 5.74) is 4.23. The Morgan fingerprint density at radius 1 is 1.09 bits per heavy atom. The van der Waals surface area contributed by atoms with Crippen LogP contribution in [0.2, 0.25) is 5.02 Å². The van der Waals surface area contributed by atoms with E-state index in [0.717, 1.165) is 39.9 Å². The molecular formula is C28H24ClNO4. The number of carbonyl (C=O) groups is 1. The van der Waals surface area contributed by atoms with Gasteiger partial charge in [-0.1, -0.05) is 29.8 Å². The first-order chi connectivity index (χ1) is 16.5. The van der Waals surface area contributed by atoms with Crippen molar-refractivity contribution in [1.82, 2.24) is 4.57 Å². The van der Waals surface area contributed by atoms with E-state index >= 15 is 0 Å². The summed E-state index contributed by atoms with van der Waals surface area (Å²) in [6, 6.07) is 17.1. The van der Waals surface area contributed by atoms with Crippen molar-refractivity contribution in [3.63, 3.8) is 0 Å². The Morgan fingerprint density at radius 3 is 2.68 bits per heavy atom. The van der Waals surface area contributed by atoms with E-state index in [0.29, 0.717) is 34.5 Å². The van der Waals surface area contributed by atoms with Crippen molar-refractivity contribution in [1.29, 1.82) is 0 Å². The molecule has 2 heterocycles. The first kappa shape index (κ1) is 22.1. The molecule has 0 amide bonds. The average Bonchev–Trinajstić information content (AvgIpc) is 3.35. The Hall–Kier alpha value is -3.70. The molecule has 0 saturated carbocycles.